The van der Waals surface area contributed by atoms with Crippen LogP contribution in [-0.2, 0) is 19.6 Å². The van der Waals surface area contributed by atoms with Gasteiger partial charge < -0.3 is 14.8 Å². The van der Waals surface area contributed by atoms with Crippen LogP contribution < -0.4 is 14.8 Å². The number of carbonyl (C=O) groups is 1. The zero-order chi connectivity index (χ0) is 24.7. The van der Waals surface area contributed by atoms with Crippen LogP contribution in [0.5, 0.6) is 5.75 Å². The lowest BCUT2D eigenvalue weighted by molar-refractivity contribution is -0.145. The number of hydrogen-bond acceptors (Lipinski definition) is 6. The van der Waals surface area contributed by atoms with Gasteiger partial charge in [-0.1, -0.05) is 41.4 Å². The SMILES string of the molecule is COC(=O)[C@@H](CNS(=O)(=O)c1ccc(C)cc1)[C@H](Nc1ccc(OC)cc1)c1ccc(Cl)cc1. The number of esters is 1. The minimum atomic E-state index is -3.84. The highest BCUT2D eigenvalue weighted by molar-refractivity contribution is 7.89. The molecule has 3 rings (SSSR count). The van der Waals surface area contributed by atoms with Gasteiger partial charge in [-0.2, -0.15) is 0 Å². The molecule has 0 spiro atoms. The topological polar surface area (TPSA) is 93.7 Å². The summed E-state index contributed by atoms with van der Waals surface area (Å²) in [6.45, 7) is 1.69. The average molecular weight is 503 g/mol. The van der Waals surface area contributed by atoms with Crippen LogP contribution in [-0.4, -0.2) is 35.2 Å². The molecule has 0 heterocycles. The van der Waals surface area contributed by atoms with Gasteiger partial charge in [-0.15, -0.1) is 0 Å². The van der Waals surface area contributed by atoms with E-state index in [1.54, 1.807) is 55.6 Å². The molecule has 0 unspecified atom stereocenters. The molecule has 3 aromatic carbocycles. The third kappa shape index (κ3) is 6.50. The van der Waals surface area contributed by atoms with Gasteiger partial charge in [0.15, 0.2) is 0 Å². The van der Waals surface area contributed by atoms with E-state index in [4.69, 9.17) is 21.1 Å². The fourth-order valence-electron chi connectivity index (χ4n) is 3.44. The maximum atomic E-state index is 12.9. The molecule has 2 N–H and O–H groups in total. The van der Waals surface area contributed by atoms with E-state index in [0.29, 0.717) is 10.8 Å². The van der Waals surface area contributed by atoms with Crippen molar-refractivity contribution in [3.63, 3.8) is 0 Å². The Balaban J connectivity index is 1.92. The quantitative estimate of drug-likeness (QED) is 0.394. The molecule has 0 bridgehead atoms. The van der Waals surface area contributed by atoms with Gasteiger partial charge in [-0.05, 0) is 61.0 Å². The molecule has 0 radical (unpaired) electrons. The van der Waals surface area contributed by atoms with Crippen molar-refractivity contribution in [2.75, 3.05) is 26.1 Å². The summed E-state index contributed by atoms with van der Waals surface area (Å²) in [5, 5.41) is 3.87. The van der Waals surface area contributed by atoms with Crippen LogP contribution in [0.2, 0.25) is 5.02 Å². The molecule has 34 heavy (non-hydrogen) atoms. The number of carbonyl (C=O) groups excluding carboxylic acids is 1. The van der Waals surface area contributed by atoms with Crippen LogP contribution in [0.4, 0.5) is 5.69 Å². The molecular formula is C25H27ClN2O5S. The summed E-state index contributed by atoms with van der Waals surface area (Å²) in [6.07, 6.45) is 0. The summed E-state index contributed by atoms with van der Waals surface area (Å²) in [6, 6.07) is 20.1. The number of anilines is 1. The molecular weight excluding hydrogens is 476 g/mol. The van der Waals surface area contributed by atoms with Gasteiger partial charge in [-0.3, -0.25) is 4.79 Å². The summed E-state index contributed by atoms with van der Waals surface area (Å²) < 4.78 is 38.6. The fourth-order valence-corrected chi connectivity index (χ4v) is 4.63. The summed E-state index contributed by atoms with van der Waals surface area (Å²) in [7, 11) is -0.992. The lowest BCUT2D eigenvalue weighted by Gasteiger charge is -2.28. The summed E-state index contributed by atoms with van der Waals surface area (Å²) in [5.41, 5.74) is 2.40. The second-order valence-electron chi connectivity index (χ2n) is 7.70. The van der Waals surface area contributed by atoms with Crippen LogP contribution in [0, 0.1) is 12.8 Å². The maximum absolute atomic E-state index is 12.9. The minimum absolute atomic E-state index is 0.118. The van der Waals surface area contributed by atoms with Gasteiger partial charge in [0.05, 0.1) is 31.1 Å². The Labute approximate surface area is 205 Å². The Bertz CT molecular complexity index is 1200. The van der Waals surface area contributed by atoms with E-state index in [1.807, 2.05) is 19.1 Å². The van der Waals surface area contributed by atoms with E-state index in [9.17, 15) is 13.2 Å². The van der Waals surface area contributed by atoms with Crippen molar-refractivity contribution in [1.82, 2.24) is 4.72 Å². The molecule has 0 saturated carbocycles. The predicted molar refractivity (Wildman–Crippen MR) is 133 cm³/mol. The summed E-state index contributed by atoms with van der Waals surface area (Å²) in [5.74, 6) is -0.759. The molecule has 0 aliphatic heterocycles. The molecule has 2 atom stereocenters. The molecule has 9 heteroatoms. The first-order valence-electron chi connectivity index (χ1n) is 10.5. The second kappa shape index (κ2) is 11.4. The second-order valence-corrected chi connectivity index (χ2v) is 9.90. The zero-order valence-electron chi connectivity index (χ0n) is 19.1. The minimum Gasteiger partial charge on any atom is -0.497 e. The Kier molecular flexibility index (Phi) is 8.55. The van der Waals surface area contributed by atoms with E-state index in [-0.39, 0.29) is 11.4 Å². The lowest BCUT2D eigenvalue weighted by Crippen LogP contribution is -2.39. The molecule has 180 valence electrons. The van der Waals surface area contributed by atoms with Crippen LogP contribution >= 0.6 is 11.6 Å². The van der Waals surface area contributed by atoms with Gasteiger partial charge >= 0.3 is 5.97 Å². The summed E-state index contributed by atoms with van der Waals surface area (Å²) in [4.78, 5) is 13.0. The van der Waals surface area contributed by atoms with E-state index >= 15 is 0 Å². The first kappa shape index (κ1) is 25.6. The van der Waals surface area contributed by atoms with Crippen molar-refractivity contribution in [2.24, 2.45) is 5.92 Å². The Morgan fingerprint density at radius 2 is 1.56 bits per heavy atom. The number of aryl methyl sites for hydroxylation is 1. The molecule has 3 aromatic rings. The average Bonchev–Trinajstić information content (AvgIpc) is 2.84. The lowest BCUT2D eigenvalue weighted by atomic mass is 9.92. The van der Waals surface area contributed by atoms with Crippen LogP contribution in [0.25, 0.3) is 0 Å². The molecule has 0 aromatic heterocycles. The number of rotatable bonds is 10. The summed E-state index contributed by atoms with van der Waals surface area (Å²) >= 11 is 6.06. The fraction of sp³-hybridized carbons (Fsp3) is 0.240. The van der Waals surface area contributed by atoms with Crippen molar-refractivity contribution < 1.29 is 22.7 Å². The smallest absolute Gasteiger partial charge is 0.312 e. The predicted octanol–water partition coefficient (Wildman–Crippen LogP) is 4.58. The highest BCUT2D eigenvalue weighted by atomic mass is 35.5. The van der Waals surface area contributed by atoms with E-state index < -0.39 is 28.0 Å². The van der Waals surface area contributed by atoms with Crippen molar-refractivity contribution >= 4 is 33.3 Å². The Hall–Kier alpha value is -3.07. The van der Waals surface area contributed by atoms with E-state index in [1.165, 1.54) is 19.2 Å². The number of hydrogen-bond donors (Lipinski definition) is 2. The Morgan fingerprint density at radius 3 is 2.12 bits per heavy atom. The van der Waals surface area contributed by atoms with Gasteiger partial charge in [-0.25, -0.2) is 13.1 Å². The number of sulfonamides is 1. The first-order valence-corrected chi connectivity index (χ1v) is 12.4. The highest BCUT2D eigenvalue weighted by Gasteiger charge is 2.32. The molecule has 7 nitrogen and oxygen atoms in total. The van der Waals surface area contributed by atoms with Gasteiger partial charge in [0.1, 0.15) is 5.75 Å². The van der Waals surface area contributed by atoms with Crippen molar-refractivity contribution in [3.05, 3.63) is 88.9 Å². The highest BCUT2D eigenvalue weighted by Crippen LogP contribution is 2.30. The molecule has 0 aliphatic rings. The van der Waals surface area contributed by atoms with Crippen molar-refractivity contribution in [3.8, 4) is 5.75 Å². The molecule has 0 saturated heterocycles. The largest absolute Gasteiger partial charge is 0.497 e. The number of ether oxygens (including phenoxy) is 2. The maximum Gasteiger partial charge on any atom is 0.312 e. The van der Waals surface area contributed by atoms with Crippen molar-refractivity contribution in [1.29, 1.82) is 0 Å². The normalized spacial score (nSPS) is 13.1. The third-order valence-electron chi connectivity index (χ3n) is 5.37. The number of nitrogens with one attached hydrogen (secondary N) is 2. The van der Waals surface area contributed by atoms with Gasteiger partial charge in [0, 0.05) is 17.3 Å². The molecule has 0 amide bonds. The van der Waals surface area contributed by atoms with Gasteiger partial charge in [0.25, 0.3) is 0 Å². The Morgan fingerprint density at radius 1 is 0.941 bits per heavy atom. The first-order chi connectivity index (χ1) is 16.2. The number of methoxy groups -OCH3 is 2. The molecule has 0 aliphatic carbocycles. The number of benzene rings is 3. The zero-order valence-corrected chi connectivity index (χ0v) is 20.7. The molecule has 0 fully saturated rings. The van der Waals surface area contributed by atoms with Gasteiger partial charge in [0.2, 0.25) is 10.0 Å². The van der Waals surface area contributed by atoms with Crippen LogP contribution in [0.3, 0.4) is 0 Å². The van der Waals surface area contributed by atoms with Crippen LogP contribution in [0.1, 0.15) is 17.2 Å². The third-order valence-corrected chi connectivity index (χ3v) is 7.06. The van der Waals surface area contributed by atoms with Crippen LogP contribution in [0.15, 0.2) is 77.7 Å². The van der Waals surface area contributed by atoms with E-state index in [2.05, 4.69) is 10.0 Å². The monoisotopic (exact) mass is 502 g/mol. The number of halogens is 1. The van der Waals surface area contributed by atoms with E-state index in [0.717, 1.165) is 16.8 Å². The standard InChI is InChI=1S/C25H27ClN2O5S/c1-17-4-14-22(15-5-17)34(30,31)27-16-23(25(29)33-3)24(18-6-8-19(26)9-7-18)28-20-10-12-21(32-2)13-11-20/h4-15,23-24,27-28H,16H2,1-3H3/t23-,24+/m0/s1. The van der Waals surface area contributed by atoms with Crippen molar-refractivity contribution in [2.45, 2.75) is 17.9 Å².